The second-order valence-corrected chi connectivity index (χ2v) is 8.40. The number of nitrogens with one attached hydrogen (secondary N) is 2. The number of sulfonamides is 1. The molecule has 0 aliphatic heterocycles. The Hall–Kier alpha value is -2.34. The van der Waals surface area contributed by atoms with Crippen LogP contribution in [0.4, 0.5) is 5.69 Å². The first-order valence-electron chi connectivity index (χ1n) is 8.95. The zero-order valence-electron chi connectivity index (χ0n) is 15.1. The fourth-order valence-corrected chi connectivity index (χ4v) is 4.22. The number of rotatable bonds is 6. The van der Waals surface area contributed by atoms with E-state index in [0.717, 1.165) is 31.2 Å². The lowest BCUT2D eigenvalue weighted by molar-refractivity contribution is 0.0940. The summed E-state index contributed by atoms with van der Waals surface area (Å²) in [7, 11) is -3.75. The van der Waals surface area contributed by atoms with Gasteiger partial charge in [-0.2, -0.15) is 0 Å². The Kier molecular flexibility index (Phi) is 5.32. The summed E-state index contributed by atoms with van der Waals surface area (Å²) in [6.45, 7) is 3.89. The molecule has 0 spiro atoms. The van der Waals surface area contributed by atoms with E-state index in [1.165, 1.54) is 5.56 Å². The van der Waals surface area contributed by atoms with Crippen molar-refractivity contribution >= 4 is 21.6 Å². The van der Waals surface area contributed by atoms with Crippen LogP contribution in [-0.4, -0.2) is 20.4 Å². The van der Waals surface area contributed by atoms with E-state index in [9.17, 15) is 13.2 Å². The van der Waals surface area contributed by atoms with Gasteiger partial charge in [-0.3, -0.25) is 9.52 Å². The van der Waals surface area contributed by atoms with Gasteiger partial charge in [0.15, 0.2) is 0 Å². The van der Waals surface area contributed by atoms with E-state index in [2.05, 4.69) is 10.0 Å². The summed E-state index contributed by atoms with van der Waals surface area (Å²) in [5.41, 5.74) is 2.92. The second-order valence-electron chi connectivity index (χ2n) is 6.72. The summed E-state index contributed by atoms with van der Waals surface area (Å²) in [6.07, 6.45) is 3.77. The number of carbonyl (C=O) groups excluding carboxylic acids is 1. The van der Waals surface area contributed by atoms with Crippen LogP contribution in [0.2, 0.25) is 0 Å². The Morgan fingerprint density at radius 3 is 2.62 bits per heavy atom. The normalized spacial score (nSPS) is 14.5. The molecule has 5 nitrogen and oxygen atoms in total. The van der Waals surface area contributed by atoms with Gasteiger partial charge < -0.3 is 5.32 Å². The van der Waals surface area contributed by atoms with E-state index in [1.54, 1.807) is 36.4 Å². The number of aryl methyl sites for hydroxylation is 2. The molecule has 0 saturated carbocycles. The number of amides is 1. The number of carbonyl (C=O) groups is 1. The van der Waals surface area contributed by atoms with Crippen molar-refractivity contribution in [1.82, 2.24) is 5.32 Å². The van der Waals surface area contributed by atoms with Gasteiger partial charge in [0, 0.05) is 6.04 Å². The molecule has 138 valence electrons. The van der Waals surface area contributed by atoms with Gasteiger partial charge in [0.25, 0.3) is 15.9 Å². The Balaban J connectivity index is 1.87. The van der Waals surface area contributed by atoms with Gasteiger partial charge in [0.05, 0.1) is 16.1 Å². The van der Waals surface area contributed by atoms with Crippen LogP contribution in [-0.2, 0) is 22.9 Å². The maximum Gasteiger partial charge on any atom is 0.261 e. The van der Waals surface area contributed by atoms with Crippen molar-refractivity contribution < 1.29 is 13.2 Å². The third kappa shape index (κ3) is 3.90. The molecule has 1 amide bonds. The van der Waals surface area contributed by atoms with Crippen LogP contribution in [0.5, 0.6) is 0 Å². The van der Waals surface area contributed by atoms with Crippen LogP contribution in [0.15, 0.2) is 47.4 Å². The predicted molar refractivity (Wildman–Crippen MR) is 103 cm³/mol. The van der Waals surface area contributed by atoms with Gasteiger partial charge in [-0.1, -0.05) is 25.1 Å². The van der Waals surface area contributed by atoms with E-state index >= 15 is 0 Å². The molecule has 0 aromatic heterocycles. The number of benzene rings is 2. The molecule has 1 aliphatic rings. The molecule has 0 unspecified atom stereocenters. The first-order chi connectivity index (χ1) is 12.4. The lowest BCUT2D eigenvalue weighted by Gasteiger charge is -2.15. The maximum absolute atomic E-state index is 12.8. The smallest absolute Gasteiger partial charge is 0.261 e. The molecule has 0 bridgehead atoms. The molecule has 1 aliphatic carbocycles. The highest BCUT2D eigenvalue weighted by Crippen LogP contribution is 2.26. The standard InChI is InChI=1S/C20H24N2O3S/c1-3-14(2)21-20(23)18-9-4-5-10-19(18)22-26(24,25)17-12-11-15-7-6-8-16(15)13-17/h4-5,9-14,22H,3,6-8H2,1-2H3,(H,21,23)/t14-/m0/s1. The molecule has 3 rings (SSSR count). The van der Waals surface area contributed by atoms with Gasteiger partial charge in [-0.05, 0) is 68.0 Å². The zero-order chi connectivity index (χ0) is 18.7. The van der Waals surface area contributed by atoms with Crippen molar-refractivity contribution in [3.8, 4) is 0 Å². The summed E-state index contributed by atoms with van der Waals surface area (Å²) in [5.74, 6) is -0.286. The minimum atomic E-state index is -3.75. The molecule has 26 heavy (non-hydrogen) atoms. The number of para-hydroxylation sites is 1. The number of anilines is 1. The minimum absolute atomic E-state index is 0.0175. The molecule has 0 heterocycles. The fourth-order valence-electron chi connectivity index (χ4n) is 3.09. The van der Waals surface area contributed by atoms with E-state index in [4.69, 9.17) is 0 Å². The van der Waals surface area contributed by atoms with Gasteiger partial charge in [0.1, 0.15) is 0 Å². The highest BCUT2D eigenvalue weighted by atomic mass is 32.2. The van der Waals surface area contributed by atoms with Gasteiger partial charge in [-0.25, -0.2) is 8.42 Å². The first kappa shape index (κ1) is 18.5. The molecule has 0 radical (unpaired) electrons. The van der Waals surface area contributed by atoms with Crippen molar-refractivity contribution in [2.75, 3.05) is 4.72 Å². The minimum Gasteiger partial charge on any atom is -0.350 e. The van der Waals surface area contributed by atoms with E-state index < -0.39 is 10.0 Å². The Morgan fingerprint density at radius 2 is 1.85 bits per heavy atom. The number of hydrogen-bond donors (Lipinski definition) is 2. The molecular formula is C20H24N2O3S. The molecule has 0 fully saturated rings. The van der Waals surface area contributed by atoms with Crippen LogP contribution in [0, 0.1) is 0 Å². The number of hydrogen-bond acceptors (Lipinski definition) is 3. The van der Waals surface area contributed by atoms with Crippen LogP contribution < -0.4 is 10.0 Å². The molecule has 2 aromatic rings. The molecule has 2 N–H and O–H groups in total. The van der Waals surface area contributed by atoms with E-state index in [-0.39, 0.29) is 22.5 Å². The molecular weight excluding hydrogens is 348 g/mol. The van der Waals surface area contributed by atoms with Crippen LogP contribution in [0.1, 0.15) is 48.2 Å². The summed E-state index contributed by atoms with van der Waals surface area (Å²) in [6, 6.07) is 11.9. The highest BCUT2D eigenvalue weighted by molar-refractivity contribution is 7.92. The average molecular weight is 372 g/mol. The Bertz CT molecular complexity index is 922. The summed E-state index contributed by atoms with van der Waals surface area (Å²) < 4.78 is 28.2. The predicted octanol–water partition coefficient (Wildman–Crippen LogP) is 3.50. The lowest BCUT2D eigenvalue weighted by Crippen LogP contribution is -2.32. The van der Waals surface area contributed by atoms with Gasteiger partial charge in [-0.15, -0.1) is 0 Å². The van der Waals surface area contributed by atoms with Crippen LogP contribution in [0.3, 0.4) is 0 Å². The van der Waals surface area contributed by atoms with Crippen molar-refractivity contribution in [1.29, 1.82) is 0 Å². The van der Waals surface area contributed by atoms with Gasteiger partial charge >= 0.3 is 0 Å². The van der Waals surface area contributed by atoms with Crippen LogP contribution in [0.25, 0.3) is 0 Å². The summed E-state index contributed by atoms with van der Waals surface area (Å²) in [4.78, 5) is 12.7. The van der Waals surface area contributed by atoms with Gasteiger partial charge in [0.2, 0.25) is 0 Å². The average Bonchev–Trinajstić information content (AvgIpc) is 3.09. The van der Waals surface area contributed by atoms with Crippen molar-refractivity contribution in [3.05, 3.63) is 59.2 Å². The fraction of sp³-hybridized carbons (Fsp3) is 0.350. The quantitative estimate of drug-likeness (QED) is 0.815. The summed E-state index contributed by atoms with van der Waals surface area (Å²) in [5, 5.41) is 2.87. The molecule has 2 aromatic carbocycles. The molecule has 1 atom stereocenters. The monoisotopic (exact) mass is 372 g/mol. The third-order valence-electron chi connectivity index (χ3n) is 4.79. The Labute approximate surface area is 154 Å². The Morgan fingerprint density at radius 1 is 1.12 bits per heavy atom. The highest BCUT2D eigenvalue weighted by Gasteiger charge is 2.21. The number of fused-ring (bicyclic) bond motifs is 1. The summed E-state index contributed by atoms with van der Waals surface area (Å²) >= 11 is 0. The zero-order valence-corrected chi connectivity index (χ0v) is 15.9. The molecule has 0 saturated heterocycles. The topological polar surface area (TPSA) is 75.3 Å². The second kappa shape index (κ2) is 7.50. The maximum atomic E-state index is 12.8. The third-order valence-corrected chi connectivity index (χ3v) is 6.15. The van der Waals surface area contributed by atoms with E-state index in [1.807, 2.05) is 19.9 Å². The van der Waals surface area contributed by atoms with Crippen molar-refractivity contribution in [2.24, 2.45) is 0 Å². The van der Waals surface area contributed by atoms with E-state index in [0.29, 0.717) is 5.56 Å². The SMILES string of the molecule is CC[C@H](C)NC(=O)c1ccccc1NS(=O)(=O)c1ccc2c(c1)CCC2. The van der Waals surface area contributed by atoms with Crippen molar-refractivity contribution in [3.63, 3.8) is 0 Å². The van der Waals surface area contributed by atoms with Crippen molar-refractivity contribution in [2.45, 2.75) is 50.5 Å². The molecule has 6 heteroatoms. The largest absolute Gasteiger partial charge is 0.350 e. The lowest BCUT2D eigenvalue weighted by atomic mass is 10.1. The first-order valence-corrected chi connectivity index (χ1v) is 10.4. The van der Waals surface area contributed by atoms with Crippen LogP contribution >= 0.6 is 0 Å².